The van der Waals surface area contributed by atoms with Crippen molar-refractivity contribution in [1.29, 1.82) is 0 Å². The number of methoxy groups -OCH3 is 1. The number of ketones is 1. The van der Waals surface area contributed by atoms with E-state index in [0.717, 1.165) is 22.3 Å². The molecule has 32 heavy (non-hydrogen) atoms. The molecule has 1 unspecified atom stereocenters. The van der Waals surface area contributed by atoms with E-state index in [9.17, 15) is 14.7 Å². The fourth-order valence-corrected chi connectivity index (χ4v) is 4.22. The second-order valence-electron chi connectivity index (χ2n) is 8.07. The van der Waals surface area contributed by atoms with E-state index in [-0.39, 0.29) is 11.3 Å². The number of rotatable bonds is 4. The number of carbonyl (C=O) groups excluding carboxylic acids is 2. The number of carbonyl (C=O) groups is 2. The van der Waals surface area contributed by atoms with Gasteiger partial charge >= 0.3 is 0 Å². The first-order valence-corrected chi connectivity index (χ1v) is 10.4. The molecule has 3 aromatic carbocycles. The van der Waals surface area contributed by atoms with E-state index in [1.807, 2.05) is 69.3 Å². The van der Waals surface area contributed by atoms with Gasteiger partial charge in [-0.05, 0) is 61.7 Å². The summed E-state index contributed by atoms with van der Waals surface area (Å²) in [6.45, 7) is 5.75. The van der Waals surface area contributed by atoms with Gasteiger partial charge in [-0.3, -0.25) is 14.5 Å². The van der Waals surface area contributed by atoms with Crippen LogP contribution in [0.5, 0.6) is 5.75 Å². The summed E-state index contributed by atoms with van der Waals surface area (Å²) in [7, 11) is 1.51. The molecule has 1 saturated heterocycles. The molecular formula is C27H25NO4. The Morgan fingerprint density at radius 3 is 2.31 bits per heavy atom. The third kappa shape index (κ3) is 3.56. The molecule has 0 bridgehead atoms. The van der Waals surface area contributed by atoms with Gasteiger partial charge in [0.15, 0.2) is 0 Å². The average molecular weight is 428 g/mol. The second-order valence-corrected chi connectivity index (χ2v) is 8.07. The number of amides is 1. The number of Topliss-reactive ketones (excluding diaryl/α,β-unsaturated/α-hetero) is 1. The Labute approximate surface area is 187 Å². The summed E-state index contributed by atoms with van der Waals surface area (Å²) in [5.41, 5.74) is 4.60. The predicted octanol–water partition coefficient (Wildman–Crippen LogP) is 5.25. The van der Waals surface area contributed by atoms with Gasteiger partial charge in [0.05, 0.1) is 24.3 Å². The van der Waals surface area contributed by atoms with Crippen LogP contribution < -0.4 is 9.64 Å². The van der Waals surface area contributed by atoms with E-state index < -0.39 is 17.7 Å². The van der Waals surface area contributed by atoms with Crippen molar-refractivity contribution in [3.63, 3.8) is 0 Å². The van der Waals surface area contributed by atoms with Crippen LogP contribution in [0.15, 0.2) is 72.3 Å². The van der Waals surface area contributed by atoms with Crippen molar-refractivity contribution in [2.24, 2.45) is 0 Å². The van der Waals surface area contributed by atoms with Crippen LogP contribution >= 0.6 is 0 Å². The smallest absolute Gasteiger partial charge is 0.300 e. The molecule has 4 rings (SSSR count). The lowest BCUT2D eigenvalue weighted by Crippen LogP contribution is -2.29. The fraction of sp³-hybridized carbons (Fsp3) is 0.185. The number of ether oxygens (including phenoxy) is 1. The van der Waals surface area contributed by atoms with Crippen LogP contribution in [-0.4, -0.2) is 23.9 Å². The SMILES string of the molecule is COc1ccc(C)cc1/C(O)=C1\C(=O)C(=O)N(c2cccc(C)c2)C1c1ccccc1C. The molecule has 5 heteroatoms. The van der Waals surface area contributed by atoms with Crippen molar-refractivity contribution < 1.29 is 19.4 Å². The first-order chi connectivity index (χ1) is 15.3. The lowest BCUT2D eigenvalue weighted by molar-refractivity contribution is -0.132. The van der Waals surface area contributed by atoms with Gasteiger partial charge < -0.3 is 9.84 Å². The van der Waals surface area contributed by atoms with Crippen LogP contribution in [-0.2, 0) is 9.59 Å². The highest BCUT2D eigenvalue weighted by Gasteiger charge is 2.47. The number of hydrogen-bond donors (Lipinski definition) is 1. The molecule has 0 saturated carbocycles. The van der Waals surface area contributed by atoms with Crippen LogP contribution in [0.3, 0.4) is 0 Å². The number of nitrogens with zero attached hydrogens (tertiary/aromatic N) is 1. The number of anilines is 1. The summed E-state index contributed by atoms with van der Waals surface area (Å²) < 4.78 is 5.43. The van der Waals surface area contributed by atoms with Crippen molar-refractivity contribution in [3.8, 4) is 5.75 Å². The third-order valence-corrected chi connectivity index (χ3v) is 5.82. The number of benzene rings is 3. The van der Waals surface area contributed by atoms with Gasteiger partial charge in [-0.15, -0.1) is 0 Å². The highest BCUT2D eigenvalue weighted by Crippen LogP contribution is 2.44. The number of aliphatic hydroxyl groups is 1. The molecule has 1 heterocycles. The standard InChI is InChI=1S/C27H25NO4/c1-16-8-7-10-19(14-16)28-24(20-11-6-5-9-18(20)3)23(26(30)27(28)31)25(29)21-15-17(2)12-13-22(21)32-4/h5-15,24,29H,1-4H3/b25-23+. The molecule has 1 aliphatic rings. The summed E-state index contributed by atoms with van der Waals surface area (Å²) in [6.07, 6.45) is 0. The number of aliphatic hydroxyl groups excluding tert-OH is 1. The maximum atomic E-state index is 13.3. The van der Waals surface area contributed by atoms with Gasteiger partial charge in [0.25, 0.3) is 11.7 Å². The van der Waals surface area contributed by atoms with E-state index in [1.165, 1.54) is 12.0 Å². The van der Waals surface area contributed by atoms with Crippen LogP contribution in [0.1, 0.15) is 33.9 Å². The van der Waals surface area contributed by atoms with Crippen molar-refractivity contribution in [3.05, 3.63) is 100 Å². The Balaban J connectivity index is 2.02. The lowest BCUT2D eigenvalue weighted by Gasteiger charge is -2.27. The molecule has 1 fully saturated rings. The molecule has 1 aliphatic heterocycles. The van der Waals surface area contributed by atoms with E-state index in [2.05, 4.69) is 0 Å². The topological polar surface area (TPSA) is 66.8 Å². The Morgan fingerprint density at radius 1 is 0.906 bits per heavy atom. The average Bonchev–Trinajstić information content (AvgIpc) is 3.04. The van der Waals surface area contributed by atoms with Gasteiger partial charge in [-0.25, -0.2) is 0 Å². The van der Waals surface area contributed by atoms with Crippen molar-refractivity contribution in [1.82, 2.24) is 0 Å². The highest BCUT2D eigenvalue weighted by molar-refractivity contribution is 6.51. The lowest BCUT2D eigenvalue weighted by atomic mass is 9.92. The first-order valence-electron chi connectivity index (χ1n) is 10.4. The second kappa shape index (κ2) is 8.35. The largest absolute Gasteiger partial charge is 0.507 e. The van der Waals surface area contributed by atoms with Crippen molar-refractivity contribution in [2.75, 3.05) is 12.0 Å². The molecule has 3 aromatic rings. The molecule has 0 aliphatic carbocycles. The number of aryl methyl sites for hydroxylation is 3. The normalized spacial score (nSPS) is 17.6. The van der Waals surface area contributed by atoms with Crippen molar-refractivity contribution in [2.45, 2.75) is 26.8 Å². The van der Waals surface area contributed by atoms with Crippen LogP contribution in [0.2, 0.25) is 0 Å². The zero-order valence-corrected chi connectivity index (χ0v) is 18.5. The molecular weight excluding hydrogens is 402 g/mol. The van der Waals surface area contributed by atoms with Gasteiger partial charge in [0.1, 0.15) is 11.5 Å². The molecule has 0 aromatic heterocycles. The Kier molecular flexibility index (Phi) is 5.57. The van der Waals surface area contributed by atoms with Crippen LogP contribution in [0.25, 0.3) is 5.76 Å². The predicted molar refractivity (Wildman–Crippen MR) is 125 cm³/mol. The summed E-state index contributed by atoms with van der Waals surface area (Å²) in [4.78, 5) is 28.1. The minimum atomic E-state index is -0.761. The summed E-state index contributed by atoms with van der Waals surface area (Å²) in [5.74, 6) is -1.21. The first kappa shape index (κ1) is 21.4. The molecule has 0 spiro atoms. The fourth-order valence-electron chi connectivity index (χ4n) is 4.22. The quantitative estimate of drug-likeness (QED) is 0.351. The monoisotopic (exact) mass is 427 g/mol. The van der Waals surface area contributed by atoms with Crippen LogP contribution in [0, 0.1) is 20.8 Å². The zero-order chi connectivity index (χ0) is 23.0. The number of hydrogen-bond acceptors (Lipinski definition) is 4. The minimum Gasteiger partial charge on any atom is -0.507 e. The van der Waals surface area contributed by atoms with Gasteiger partial charge in [-0.2, -0.15) is 0 Å². The molecule has 0 radical (unpaired) electrons. The summed E-state index contributed by atoms with van der Waals surface area (Å²) in [6, 6.07) is 19.6. The highest BCUT2D eigenvalue weighted by atomic mass is 16.5. The Morgan fingerprint density at radius 2 is 1.62 bits per heavy atom. The molecule has 1 N–H and O–H groups in total. The molecule has 1 amide bonds. The summed E-state index contributed by atoms with van der Waals surface area (Å²) in [5, 5.41) is 11.4. The van der Waals surface area contributed by atoms with Gasteiger partial charge in [0.2, 0.25) is 0 Å². The van der Waals surface area contributed by atoms with Gasteiger partial charge in [0, 0.05) is 5.69 Å². The van der Waals surface area contributed by atoms with E-state index in [1.54, 1.807) is 18.2 Å². The van der Waals surface area contributed by atoms with Gasteiger partial charge in [-0.1, -0.05) is 48.0 Å². The molecule has 5 nitrogen and oxygen atoms in total. The van der Waals surface area contributed by atoms with Crippen LogP contribution in [0.4, 0.5) is 5.69 Å². The maximum Gasteiger partial charge on any atom is 0.300 e. The Hall–Kier alpha value is -3.86. The third-order valence-electron chi connectivity index (χ3n) is 5.82. The Bertz CT molecular complexity index is 1260. The molecule has 1 atom stereocenters. The van der Waals surface area contributed by atoms with Crippen molar-refractivity contribution >= 4 is 23.1 Å². The van der Waals surface area contributed by atoms with E-state index >= 15 is 0 Å². The molecule has 162 valence electrons. The summed E-state index contributed by atoms with van der Waals surface area (Å²) >= 11 is 0. The van der Waals surface area contributed by atoms with E-state index in [0.29, 0.717) is 17.0 Å². The maximum absolute atomic E-state index is 13.3. The van der Waals surface area contributed by atoms with E-state index in [4.69, 9.17) is 4.74 Å². The minimum absolute atomic E-state index is 0.0507. The zero-order valence-electron chi connectivity index (χ0n) is 18.5.